The van der Waals surface area contributed by atoms with E-state index in [-0.39, 0.29) is 49.5 Å². The van der Waals surface area contributed by atoms with E-state index < -0.39 is 23.4 Å². The number of aliphatic imine (C=N–C) groups is 1. The number of hydrogen-bond donors (Lipinski definition) is 5. The van der Waals surface area contributed by atoms with Gasteiger partial charge < -0.3 is 41.2 Å². The summed E-state index contributed by atoms with van der Waals surface area (Å²) in [4.78, 5) is 66.9. The molecule has 6 N–H and O–H groups in total. The van der Waals surface area contributed by atoms with Crippen LogP contribution >= 0.6 is 12.2 Å². The van der Waals surface area contributed by atoms with Crippen molar-refractivity contribution in [1.82, 2.24) is 21.3 Å². The number of primary amides is 1. The maximum Gasteiger partial charge on any atom is 0.242 e. The Bertz CT molecular complexity index is 1530. The molecule has 0 fully saturated rings. The lowest BCUT2D eigenvalue weighted by atomic mass is 9.90. The summed E-state index contributed by atoms with van der Waals surface area (Å²) < 4.78 is 15.9. The summed E-state index contributed by atoms with van der Waals surface area (Å²) in [6.45, 7) is 6.83. The number of nitrogens with two attached hydrogens (primary N) is 1. The van der Waals surface area contributed by atoms with Gasteiger partial charge in [-0.15, -0.1) is 0 Å². The molecule has 2 aromatic carbocycles. The van der Waals surface area contributed by atoms with Crippen molar-refractivity contribution < 1.29 is 38.2 Å². The number of amides is 5. The van der Waals surface area contributed by atoms with Crippen molar-refractivity contribution in [2.75, 3.05) is 59.8 Å². The molecule has 0 radical (unpaired) electrons. The average molecular weight is 771 g/mol. The van der Waals surface area contributed by atoms with Crippen LogP contribution < -0.4 is 27.0 Å². The Hall–Kier alpha value is -4.27. The topological polar surface area (TPSA) is 200 Å². The number of ether oxygens (including phenoxy) is 3. The van der Waals surface area contributed by atoms with Gasteiger partial charge in [0.05, 0.1) is 51.2 Å². The summed E-state index contributed by atoms with van der Waals surface area (Å²) in [5.41, 5.74) is 5.99. The second-order valence-electron chi connectivity index (χ2n) is 13.9. The number of rotatable bonds is 29. The van der Waals surface area contributed by atoms with Gasteiger partial charge in [0.1, 0.15) is 12.1 Å². The maximum absolute atomic E-state index is 13.3. The third-order valence-corrected chi connectivity index (χ3v) is 8.53. The minimum atomic E-state index is -0.825. The van der Waals surface area contributed by atoms with Crippen LogP contribution in [0.5, 0.6) is 0 Å². The first-order chi connectivity index (χ1) is 25.9. The van der Waals surface area contributed by atoms with E-state index in [4.69, 9.17) is 19.9 Å². The summed E-state index contributed by atoms with van der Waals surface area (Å²) in [5, 5.41) is 15.7. The summed E-state index contributed by atoms with van der Waals surface area (Å²) in [6.07, 6.45) is 3.45. The molecule has 0 saturated carbocycles. The smallest absolute Gasteiger partial charge is 0.242 e. The van der Waals surface area contributed by atoms with E-state index in [1.54, 1.807) is 7.11 Å². The van der Waals surface area contributed by atoms with Crippen molar-refractivity contribution in [2.24, 2.45) is 16.1 Å². The highest BCUT2D eigenvalue weighted by Crippen LogP contribution is 2.20. The van der Waals surface area contributed by atoms with Crippen LogP contribution in [0.3, 0.4) is 0 Å². The Morgan fingerprint density at radius 1 is 0.815 bits per heavy atom. The van der Waals surface area contributed by atoms with E-state index in [2.05, 4.69) is 43.6 Å². The molecule has 2 atom stereocenters. The van der Waals surface area contributed by atoms with E-state index in [1.807, 2.05) is 56.3 Å². The predicted octanol–water partition coefficient (Wildman–Crippen LogP) is 3.00. The monoisotopic (exact) mass is 770 g/mol. The number of benzene rings is 2. The number of thiocarbonyl (C=S) groups is 1. The quantitative estimate of drug-likeness (QED) is 0.0469. The number of methoxy groups -OCH3 is 1. The molecule has 0 aliphatic heterocycles. The molecule has 0 aromatic heterocycles. The van der Waals surface area contributed by atoms with Crippen LogP contribution in [0, 0.1) is 5.41 Å². The molecule has 0 spiro atoms. The Kier molecular flexibility index (Phi) is 22.5. The van der Waals surface area contributed by atoms with E-state index in [9.17, 15) is 24.0 Å². The van der Waals surface area contributed by atoms with Gasteiger partial charge in [0.25, 0.3) is 0 Å². The minimum Gasteiger partial charge on any atom is -0.384 e. The first kappa shape index (κ1) is 45.9. The zero-order valence-electron chi connectivity index (χ0n) is 31.9. The van der Waals surface area contributed by atoms with Crippen molar-refractivity contribution in [3.8, 4) is 0 Å². The lowest BCUT2D eigenvalue weighted by molar-refractivity contribution is -0.129. The van der Waals surface area contributed by atoms with Gasteiger partial charge in [-0.1, -0.05) is 56.3 Å². The van der Waals surface area contributed by atoms with E-state index in [1.165, 1.54) is 0 Å². The Morgan fingerprint density at radius 3 is 2.15 bits per heavy atom. The van der Waals surface area contributed by atoms with Crippen LogP contribution in [0.15, 0.2) is 47.5 Å². The first-order valence-electron chi connectivity index (χ1n) is 18.5. The minimum absolute atomic E-state index is 0.115. The molecular weight excluding hydrogens is 713 g/mol. The molecule has 0 aliphatic carbocycles. The average Bonchev–Trinajstić information content (AvgIpc) is 3.12. The van der Waals surface area contributed by atoms with Crippen LogP contribution in [0.25, 0.3) is 10.8 Å². The molecule has 0 heterocycles. The molecule has 54 heavy (non-hydrogen) atoms. The third-order valence-electron chi connectivity index (χ3n) is 8.40. The summed E-state index contributed by atoms with van der Waals surface area (Å²) in [6, 6.07) is 12.1. The SMILES string of the molecule is COCC(C)(C)CC(=O)NC(CCCCNC(=O)C(CCCCNC(=O)CCOCCOCCN=C=S)NC(=O)Cc1ccc2ccccc2c1)C(N)=O. The van der Waals surface area contributed by atoms with Gasteiger partial charge >= 0.3 is 0 Å². The molecule has 2 aromatic rings. The maximum atomic E-state index is 13.3. The highest BCUT2D eigenvalue weighted by Gasteiger charge is 2.25. The summed E-state index contributed by atoms with van der Waals surface area (Å²) >= 11 is 4.49. The number of isothiocyanates is 1. The molecule has 2 unspecified atom stereocenters. The van der Waals surface area contributed by atoms with Gasteiger partial charge in [0.2, 0.25) is 29.5 Å². The summed E-state index contributed by atoms with van der Waals surface area (Å²) in [5.74, 6) is -1.65. The molecule has 5 amide bonds. The van der Waals surface area contributed by atoms with Crippen LogP contribution in [-0.4, -0.2) is 107 Å². The number of unbranched alkanes of at least 4 members (excludes halogenated alkanes) is 2. The molecule has 14 nitrogen and oxygen atoms in total. The van der Waals surface area contributed by atoms with Crippen molar-refractivity contribution >= 4 is 57.7 Å². The fraction of sp³-hybridized carbons (Fsp3) is 0.590. The van der Waals surface area contributed by atoms with Crippen LogP contribution in [-0.2, 0) is 44.6 Å². The lowest BCUT2D eigenvalue weighted by Crippen LogP contribution is -2.47. The molecule has 0 aliphatic rings. The van der Waals surface area contributed by atoms with Crippen LogP contribution in [0.4, 0.5) is 0 Å². The molecular formula is C39H58N6O8S. The Labute approximate surface area is 324 Å². The van der Waals surface area contributed by atoms with Gasteiger partial charge in [0.15, 0.2) is 0 Å². The van der Waals surface area contributed by atoms with Crippen LogP contribution in [0.2, 0.25) is 0 Å². The zero-order valence-corrected chi connectivity index (χ0v) is 32.7. The van der Waals surface area contributed by atoms with Crippen molar-refractivity contribution in [2.45, 2.75) is 83.7 Å². The lowest BCUT2D eigenvalue weighted by Gasteiger charge is -2.24. The van der Waals surface area contributed by atoms with E-state index in [0.717, 1.165) is 16.3 Å². The van der Waals surface area contributed by atoms with Gasteiger partial charge in [-0.3, -0.25) is 24.0 Å². The molecule has 298 valence electrons. The Morgan fingerprint density at radius 2 is 1.46 bits per heavy atom. The van der Waals surface area contributed by atoms with Crippen molar-refractivity contribution in [3.63, 3.8) is 0 Å². The van der Waals surface area contributed by atoms with E-state index >= 15 is 0 Å². The number of nitrogens with one attached hydrogen (secondary N) is 4. The number of carbonyl (C=O) groups is 5. The molecule has 0 bridgehead atoms. The number of carbonyl (C=O) groups excluding carboxylic acids is 5. The molecule has 15 heteroatoms. The number of hydrogen-bond acceptors (Lipinski definition) is 10. The van der Waals surface area contributed by atoms with Gasteiger partial charge in [-0.25, -0.2) is 4.99 Å². The van der Waals surface area contributed by atoms with Crippen molar-refractivity contribution in [1.29, 1.82) is 0 Å². The fourth-order valence-corrected chi connectivity index (χ4v) is 5.79. The van der Waals surface area contributed by atoms with Gasteiger partial charge in [-0.05, 0) is 72.5 Å². The van der Waals surface area contributed by atoms with Crippen molar-refractivity contribution in [3.05, 3.63) is 48.0 Å². The fourth-order valence-electron chi connectivity index (χ4n) is 5.70. The second kappa shape index (κ2) is 26.5. The Balaban J connectivity index is 1.83. The van der Waals surface area contributed by atoms with Crippen LogP contribution in [0.1, 0.15) is 70.8 Å². The third kappa shape index (κ3) is 20.3. The predicted molar refractivity (Wildman–Crippen MR) is 211 cm³/mol. The van der Waals surface area contributed by atoms with E-state index in [0.29, 0.717) is 84.6 Å². The molecule has 2 rings (SSSR count). The highest BCUT2D eigenvalue weighted by molar-refractivity contribution is 7.78. The number of nitrogens with zero attached hydrogens (tertiary/aromatic N) is 1. The standard InChI is InChI=1S/C39H58N6O8S/c1-39(2,27-51-3)26-36(48)44-32(37(40)49)12-6-9-18-43-38(50)33(45-35(47)25-29-14-15-30-10-4-5-11-31(30)24-29)13-7-8-17-42-34(46)16-20-52-22-23-53-21-19-41-28-54/h4-5,10-11,14-15,24,32-33H,6-9,12-13,16-23,25-27H2,1-3H3,(H2,40,49)(H,42,46)(H,43,50)(H,44,48)(H,45,47). The number of fused-ring (bicyclic) bond motifs is 1. The highest BCUT2D eigenvalue weighted by atomic mass is 32.1. The normalized spacial score (nSPS) is 12.3. The largest absolute Gasteiger partial charge is 0.384 e. The first-order valence-corrected chi connectivity index (χ1v) is 18.9. The molecule has 0 saturated heterocycles. The van der Waals surface area contributed by atoms with Gasteiger partial charge in [0, 0.05) is 33.0 Å². The zero-order chi connectivity index (χ0) is 39.6. The van der Waals surface area contributed by atoms with Gasteiger partial charge in [-0.2, -0.15) is 0 Å². The second-order valence-corrected chi connectivity index (χ2v) is 14.0. The summed E-state index contributed by atoms with van der Waals surface area (Å²) in [7, 11) is 1.57.